The van der Waals surface area contributed by atoms with E-state index in [4.69, 9.17) is 14.2 Å². The first kappa shape index (κ1) is 19.3. The molecular formula is C15H25NO5. The summed E-state index contributed by atoms with van der Waals surface area (Å²) in [7, 11) is 0. The summed E-state index contributed by atoms with van der Waals surface area (Å²) in [5.41, 5.74) is 0. The summed E-state index contributed by atoms with van der Waals surface area (Å²) in [6.45, 7) is 13.2. The summed E-state index contributed by atoms with van der Waals surface area (Å²) < 4.78 is 16.0. The van der Waals surface area contributed by atoms with Gasteiger partial charge in [0.15, 0.2) is 0 Å². The van der Waals surface area contributed by atoms with Crippen LogP contribution in [0.2, 0.25) is 0 Å². The molecule has 0 fully saturated rings. The van der Waals surface area contributed by atoms with E-state index in [9.17, 15) is 9.59 Å². The van der Waals surface area contributed by atoms with Gasteiger partial charge in [0.2, 0.25) is 5.91 Å². The van der Waals surface area contributed by atoms with E-state index in [1.165, 1.54) is 6.08 Å². The normalized spacial score (nSPS) is 14.6. The molecule has 0 aromatic carbocycles. The summed E-state index contributed by atoms with van der Waals surface area (Å²) in [5, 5.41) is 2.64. The second-order valence-electron chi connectivity index (χ2n) is 4.69. The predicted molar refractivity (Wildman–Crippen MR) is 79.8 cm³/mol. The molecule has 21 heavy (non-hydrogen) atoms. The topological polar surface area (TPSA) is 73.9 Å². The molecule has 6 heteroatoms. The molecule has 1 amide bonds. The lowest BCUT2D eigenvalue weighted by Gasteiger charge is -2.19. The highest BCUT2D eigenvalue weighted by molar-refractivity contribution is 5.86. The quantitative estimate of drug-likeness (QED) is 0.458. The summed E-state index contributed by atoms with van der Waals surface area (Å²) >= 11 is 0. The van der Waals surface area contributed by atoms with E-state index < -0.39 is 5.97 Å². The van der Waals surface area contributed by atoms with Gasteiger partial charge < -0.3 is 19.5 Å². The molecule has 0 aliphatic heterocycles. The molecule has 0 radical (unpaired) electrons. The van der Waals surface area contributed by atoms with Gasteiger partial charge in [0, 0.05) is 12.6 Å². The lowest BCUT2D eigenvalue weighted by molar-refractivity contribution is -0.146. The zero-order chi connectivity index (χ0) is 16.3. The van der Waals surface area contributed by atoms with E-state index >= 15 is 0 Å². The standard InChI is InChI=1S/C15H25NO5/c1-6-14(17)16-8-11(3)19-9-12(4)20-10-13(5)21-15(18)7-2/h6-7,11-13H,1-2,8-10H2,3-5H3,(H,16,17). The lowest BCUT2D eigenvalue weighted by Crippen LogP contribution is -2.33. The molecule has 1 N–H and O–H groups in total. The molecule has 0 saturated carbocycles. The SMILES string of the molecule is C=CC(=O)NCC(C)OCC(C)OCC(C)OC(=O)C=C. The number of carbonyl (C=O) groups is 2. The number of hydrogen-bond acceptors (Lipinski definition) is 5. The number of ether oxygens (including phenoxy) is 3. The van der Waals surface area contributed by atoms with Crippen LogP contribution in [0.5, 0.6) is 0 Å². The van der Waals surface area contributed by atoms with Crippen LogP contribution in [0.1, 0.15) is 20.8 Å². The molecule has 0 aromatic rings. The van der Waals surface area contributed by atoms with E-state index in [2.05, 4.69) is 18.5 Å². The van der Waals surface area contributed by atoms with Gasteiger partial charge in [-0.2, -0.15) is 0 Å². The van der Waals surface area contributed by atoms with E-state index in [1.807, 2.05) is 13.8 Å². The van der Waals surface area contributed by atoms with Gasteiger partial charge in [0.05, 0.1) is 25.4 Å². The molecule has 0 aromatic heterocycles. The summed E-state index contributed by atoms with van der Waals surface area (Å²) in [6.07, 6.45) is 1.71. The van der Waals surface area contributed by atoms with Gasteiger partial charge in [-0.3, -0.25) is 4.79 Å². The number of rotatable bonds is 11. The van der Waals surface area contributed by atoms with E-state index in [1.54, 1.807) is 6.92 Å². The Kier molecular flexibility index (Phi) is 10.2. The Morgan fingerprint density at radius 3 is 2.14 bits per heavy atom. The third-order valence-corrected chi connectivity index (χ3v) is 2.46. The fourth-order valence-corrected chi connectivity index (χ4v) is 1.30. The molecule has 0 heterocycles. The minimum atomic E-state index is -0.471. The molecule has 0 aliphatic rings. The molecule has 0 saturated heterocycles. The molecule has 3 unspecified atom stereocenters. The van der Waals surface area contributed by atoms with Gasteiger partial charge in [-0.1, -0.05) is 13.2 Å². The van der Waals surface area contributed by atoms with Gasteiger partial charge >= 0.3 is 5.97 Å². The van der Waals surface area contributed by atoms with Crippen LogP contribution < -0.4 is 5.32 Å². The van der Waals surface area contributed by atoms with Crippen molar-refractivity contribution in [2.45, 2.75) is 39.1 Å². The van der Waals surface area contributed by atoms with Crippen molar-refractivity contribution in [2.75, 3.05) is 19.8 Å². The van der Waals surface area contributed by atoms with Crippen LogP contribution in [0, 0.1) is 0 Å². The highest BCUT2D eigenvalue weighted by Gasteiger charge is 2.11. The minimum Gasteiger partial charge on any atom is -0.457 e. The largest absolute Gasteiger partial charge is 0.457 e. The maximum atomic E-state index is 11.0. The number of nitrogens with one attached hydrogen (secondary N) is 1. The molecule has 6 nitrogen and oxygen atoms in total. The van der Waals surface area contributed by atoms with Crippen LogP contribution in [-0.4, -0.2) is 49.9 Å². The third kappa shape index (κ3) is 10.8. The third-order valence-electron chi connectivity index (χ3n) is 2.46. The first-order chi connectivity index (χ1) is 9.88. The Hall–Kier alpha value is -1.66. The van der Waals surface area contributed by atoms with Gasteiger partial charge in [0.1, 0.15) is 6.10 Å². The Balaban J connectivity index is 3.76. The second-order valence-corrected chi connectivity index (χ2v) is 4.69. The number of amides is 1. The Morgan fingerprint density at radius 1 is 1.00 bits per heavy atom. The molecule has 3 atom stereocenters. The van der Waals surface area contributed by atoms with Crippen molar-refractivity contribution < 1.29 is 23.8 Å². The zero-order valence-corrected chi connectivity index (χ0v) is 13.0. The van der Waals surface area contributed by atoms with Crippen LogP contribution in [0.3, 0.4) is 0 Å². The first-order valence-corrected chi connectivity index (χ1v) is 6.85. The first-order valence-electron chi connectivity index (χ1n) is 6.85. The van der Waals surface area contributed by atoms with Crippen molar-refractivity contribution in [1.82, 2.24) is 5.32 Å². The molecule has 0 bridgehead atoms. The van der Waals surface area contributed by atoms with Crippen LogP contribution in [0.15, 0.2) is 25.3 Å². The van der Waals surface area contributed by atoms with Crippen LogP contribution >= 0.6 is 0 Å². The van der Waals surface area contributed by atoms with E-state index in [0.29, 0.717) is 13.2 Å². The number of carbonyl (C=O) groups excluding carboxylic acids is 2. The number of hydrogen-bond donors (Lipinski definition) is 1. The fraction of sp³-hybridized carbons (Fsp3) is 0.600. The summed E-state index contributed by atoms with van der Waals surface area (Å²) in [6, 6.07) is 0. The highest BCUT2D eigenvalue weighted by Crippen LogP contribution is 2.00. The van der Waals surface area contributed by atoms with Crippen molar-refractivity contribution in [3.8, 4) is 0 Å². The monoisotopic (exact) mass is 299 g/mol. The van der Waals surface area contributed by atoms with Crippen molar-refractivity contribution >= 4 is 11.9 Å². The molecule has 0 spiro atoms. The molecular weight excluding hydrogens is 274 g/mol. The molecule has 120 valence electrons. The average Bonchev–Trinajstić information content (AvgIpc) is 2.47. The van der Waals surface area contributed by atoms with Crippen molar-refractivity contribution in [3.05, 3.63) is 25.3 Å². The van der Waals surface area contributed by atoms with Gasteiger partial charge in [-0.25, -0.2) is 4.79 Å². The van der Waals surface area contributed by atoms with E-state index in [0.717, 1.165) is 6.08 Å². The zero-order valence-electron chi connectivity index (χ0n) is 13.0. The predicted octanol–water partition coefficient (Wildman–Crippen LogP) is 1.22. The van der Waals surface area contributed by atoms with Crippen LogP contribution in [0.25, 0.3) is 0 Å². The minimum absolute atomic E-state index is 0.129. The van der Waals surface area contributed by atoms with Crippen LogP contribution in [0.4, 0.5) is 0 Å². The maximum Gasteiger partial charge on any atom is 0.330 e. The highest BCUT2D eigenvalue weighted by atomic mass is 16.6. The van der Waals surface area contributed by atoms with Crippen molar-refractivity contribution in [1.29, 1.82) is 0 Å². The molecule has 0 rings (SSSR count). The van der Waals surface area contributed by atoms with Crippen molar-refractivity contribution in [2.24, 2.45) is 0 Å². The van der Waals surface area contributed by atoms with Gasteiger partial charge in [-0.15, -0.1) is 0 Å². The summed E-state index contributed by atoms with van der Waals surface area (Å²) in [4.78, 5) is 22.0. The Labute approximate surface area is 126 Å². The smallest absolute Gasteiger partial charge is 0.330 e. The van der Waals surface area contributed by atoms with Gasteiger partial charge in [-0.05, 0) is 26.8 Å². The van der Waals surface area contributed by atoms with Crippen LogP contribution in [-0.2, 0) is 23.8 Å². The fourth-order valence-electron chi connectivity index (χ4n) is 1.30. The van der Waals surface area contributed by atoms with E-state index in [-0.39, 0.29) is 30.8 Å². The average molecular weight is 299 g/mol. The Morgan fingerprint density at radius 2 is 1.57 bits per heavy atom. The Bertz CT molecular complexity index is 356. The maximum absolute atomic E-state index is 11.0. The van der Waals surface area contributed by atoms with Gasteiger partial charge in [0.25, 0.3) is 0 Å². The second kappa shape index (κ2) is 11.0. The summed E-state index contributed by atoms with van der Waals surface area (Å²) in [5.74, 6) is -0.700. The molecule has 0 aliphatic carbocycles. The number of esters is 1. The van der Waals surface area contributed by atoms with Crippen molar-refractivity contribution in [3.63, 3.8) is 0 Å². The lowest BCUT2D eigenvalue weighted by atomic mass is 10.3.